The molecule has 1 saturated heterocycles. The van der Waals surface area contributed by atoms with Gasteiger partial charge in [0.2, 0.25) is 11.8 Å². The molecule has 0 aliphatic carbocycles. The maximum absolute atomic E-state index is 12.3. The van der Waals surface area contributed by atoms with Crippen molar-refractivity contribution in [2.24, 2.45) is 0 Å². The smallest absolute Gasteiger partial charge is 0.237 e. The molecular weight excluding hydrogens is 320 g/mol. The molecule has 1 fully saturated rings. The van der Waals surface area contributed by atoms with Gasteiger partial charge in [-0.2, -0.15) is 5.10 Å². The first-order valence-electron chi connectivity index (χ1n) is 8.31. The number of aryl methyl sites for hydroxylation is 1. The highest BCUT2D eigenvalue weighted by molar-refractivity contribution is 5.88. The topological polar surface area (TPSA) is 103 Å². The summed E-state index contributed by atoms with van der Waals surface area (Å²) in [5, 5.41) is 12.6. The van der Waals surface area contributed by atoms with Gasteiger partial charge in [0.25, 0.3) is 0 Å². The van der Waals surface area contributed by atoms with Gasteiger partial charge >= 0.3 is 0 Å². The summed E-state index contributed by atoms with van der Waals surface area (Å²) in [6.07, 6.45) is 1.84. The van der Waals surface area contributed by atoms with E-state index in [1.165, 1.54) is 0 Å². The number of carbonyl (C=O) groups excluding carboxylic acids is 2. The zero-order valence-electron chi connectivity index (χ0n) is 14.2. The van der Waals surface area contributed by atoms with Gasteiger partial charge in [-0.25, -0.2) is 0 Å². The zero-order valence-corrected chi connectivity index (χ0v) is 14.2. The van der Waals surface area contributed by atoms with Crippen molar-refractivity contribution in [3.8, 4) is 0 Å². The minimum absolute atomic E-state index is 0.113. The number of pyridine rings is 1. The molecule has 0 spiro atoms. The third-order valence-electron chi connectivity index (χ3n) is 4.14. The Morgan fingerprint density at radius 3 is 3.00 bits per heavy atom. The predicted molar refractivity (Wildman–Crippen MR) is 91.2 cm³/mol. The van der Waals surface area contributed by atoms with Crippen LogP contribution in [0.15, 0.2) is 30.5 Å². The second-order valence-corrected chi connectivity index (χ2v) is 6.12. The van der Waals surface area contributed by atoms with Gasteiger partial charge < -0.3 is 10.6 Å². The monoisotopic (exact) mass is 342 g/mol. The Bertz CT molecular complexity index is 730. The lowest BCUT2D eigenvalue weighted by Gasteiger charge is -2.34. The molecule has 3 rings (SSSR count). The molecule has 132 valence electrons. The molecule has 0 saturated carbocycles. The fraction of sp³-hybridized carbons (Fsp3) is 0.412. The SMILES string of the molecule is Cc1cc(CNC(=O)C[C@@H]2C(=O)NCCN2Cc2ccccn2)n[nH]1. The first kappa shape index (κ1) is 17.1. The number of nitrogens with zero attached hydrogens (tertiary/aromatic N) is 3. The Morgan fingerprint density at radius 1 is 1.40 bits per heavy atom. The lowest BCUT2D eigenvalue weighted by atomic mass is 10.1. The van der Waals surface area contributed by atoms with Crippen LogP contribution in [0.2, 0.25) is 0 Å². The lowest BCUT2D eigenvalue weighted by molar-refractivity contribution is -0.134. The quantitative estimate of drug-likeness (QED) is 0.692. The van der Waals surface area contributed by atoms with Crippen LogP contribution in [0.3, 0.4) is 0 Å². The molecule has 3 heterocycles. The summed E-state index contributed by atoms with van der Waals surface area (Å²) in [4.78, 5) is 30.8. The first-order chi connectivity index (χ1) is 12.1. The van der Waals surface area contributed by atoms with Gasteiger partial charge in [0.15, 0.2) is 0 Å². The van der Waals surface area contributed by atoms with E-state index in [4.69, 9.17) is 0 Å². The molecule has 1 aliphatic rings. The average Bonchev–Trinajstić information content (AvgIpc) is 3.02. The van der Waals surface area contributed by atoms with Crippen molar-refractivity contribution in [2.75, 3.05) is 13.1 Å². The van der Waals surface area contributed by atoms with Crippen molar-refractivity contribution in [1.82, 2.24) is 30.7 Å². The number of aromatic nitrogens is 3. The van der Waals surface area contributed by atoms with E-state index in [0.717, 1.165) is 17.1 Å². The zero-order chi connectivity index (χ0) is 17.6. The maximum Gasteiger partial charge on any atom is 0.237 e. The van der Waals surface area contributed by atoms with Crippen molar-refractivity contribution in [2.45, 2.75) is 32.5 Å². The lowest BCUT2D eigenvalue weighted by Crippen LogP contribution is -2.56. The molecule has 25 heavy (non-hydrogen) atoms. The van der Waals surface area contributed by atoms with Crippen LogP contribution in [0.4, 0.5) is 0 Å². The van der Waals surface area contributed by atoms with Crippen molar-refractivity contribution in [3.63, 3.8) is 0 Å². The number of hydrogen-bond acceptors (Lipinski definition) is 5. The normalized spacial score (nSPS) is 18.0. The van der Waals surface area contributed by atoms with Crippen LogP contribution in [0.25, 0.3) is 0 Å². The molecule has 0 radical (unpaired) electrons. The highest BCUT2D eigenvalue weighted by atomic mass is 16.2. The Hall–Kier alpha value is -2.74. The van der Waals surface area contributed by atoms with E-state index in [0.29, 0.717) is 26.2 Å². The second kappa shape index (κ2) is 7.89. The van der Waals surface area contributed by atoms with E-state index in [1.807, 2.05) is 36.1 Å². The van der Waals surface area contributed by atoms with E-state index >= 15 is 0 Å². The molecule has 8 nitrogen and oxygen atoms in total. The molecule has 1 aliphatic heterocycles. The van der Waals surface area contributed by atoms with Crippen LogP contribution in [0, 0.1) is 6.92 Å². The number of hydrogen-bond donors (Lipinski definition) is 3. The third-order valence-corrected chi connectivity index (χ3v) is 4.14. The number of carbonyl (C=O) groups is 2. The number of H-pyrrole nitrogens is 1. The Balaban J connectivity index is 1.58. The molecule has 0 unspecified atom stereocenters. The average molecular weight is 342 g/mol. The van der Waals surface area contributed by atoms with Gasteiger partial charge in [-0.05, 0) is 25.1 Å². The summed E-state index contributed by atoms with van der Waals surface area (Å²) in [6.45, 7) is 4.07. The van der Waals surface area contributed by atoms with Crippen LogP contribution in [-0.4, -0.2) is 51.0 Å². The summed E-state index contributed by atoms with van der Waals surface area (Å²) in [7, 11) is 0. The van der Waals surface area contributed by atoms with Crippen LogP contribution in [-0.2, 0) is 22.7 Å². The Labute approximate surface area is 146 Å². The summed E-state index contributed by atoms with van der Waals surface area (Å²) < 4.78 is 0. The van der Waals surface area contributed by atoms with E-state index < -0.39 is 6.04 Å². The Morgan fingerprint density at radius 2 is 2.28 bits per heavy atom. The number of aromatic amines is 1. The van der Waals surface area contributed by atoms with Gasteiger partial charge in [0.1, 0.15) is 0 Å². The molecule has 0 bridgehead atoms. The predicted octanol–water partition coefficient (Wildman–Crippen LogP) is 0.120. The fourth-order valence-corrected chi connectivity index (χ4v) is 2.87. The van der Waals surface area contributed by atoms with Crippen LogP contribution in [0.5, 0.6) is 0 Å². The van der Waals surface area contributed by atoms with Crippen molar-refractivity contribution in [3.05, 3.63) is 47.5 Å². The van der Waals surface area contributed by atoms with Gasteiger partial charge in [-0.15, -0.1) is 0 Å². The van der Waals surface area contributed by atoms with Gasteiger partial charge in [-0.1, -0.05) is 6.07 Å². The molecule has 2 aromatic rings. The number of nitrogens with one attached hydrogen (secondary N) is 3. The third kappa shape index (κ3) is 4.63. The van der Waals surface area contributed by atoms with Gasteiger partial charge in [0.05, 0.1) is 30.4 Å². The molecule has 8 heteroatoms. The van der Waals surface area contributed by atoms with Gasteiger partial charge in [-0.3, -0.25) is 24.6 Å². The summed E-state index contributed by atoms with van der Waals surface area (Å²) >= 11 is 0. The van der Waals surface area contributed by atoms with Crippen LogP contribution in [0.1, 0.15) is 23.5 Å². The van der Waals surface area contributed by atoms with Crippen LogP contribution < -0.4 is 10.6 Å². The van der Waals surface area contributed by atoms with Crippen molar-refractivity contribution in [1.29, 1.82) is 0 Å². The summed E-state index contributed by atoms with van der Waals surface area (Å²) in [5.74, 6) is -0.290. The maximum atomic E-state index is 12.3. The van der Waals surface area contributed by atoms with E-state index in [9.17, 15) is 9.59 Å². The van der Waals surface area contributed by atoms with E-state index in [1.54, 1.807) is 6.20 Å². The van der Waals surface area contributed by atoms with Crippen molar-refractivity contribution < 1.29 is 9.59 Å². The minimum atomic E-state index is -0.489. The largest absolute Gasteiger partial charge is 0.353 e. The fourth-order valence-electron chi connectivity index (χ4n) is 2.87. The highest BCUT2D eigenvalue weighted by Crippen LogP contribution is 2.13. The molecule has 1 atom stereocenters. The summed E-state index contributed by atoms with van der Waals surface area (Å²) in [6, 6.07) is 7.08. The minimum Gasteiger partial charge on any atom is -0.353 e. The molecular formula is C17H22N6O2. The van der Waals surface area contributed by atoms with Crippen LogP contribution >= 0.6 is 0 Å². The molecule has 2 aromatic heterocycles. The molecule has 2 amide bonds. The van der Waals surface area contributed by atoms with Gasteiger partial charge in [0, 0.05) is 31.5 Å². The summed E-state index contributed by atoms with van der Waals surface area (Å²) in [5.41, 5.74) is 2.59. The standard InChI is InChI=1S/C17H22N6O2/c1-12-8-14(22-21-12)10-20-16(24)9-15-17(25)19-6-7-23(15)11-13-4-2-3-5-18-13/h2-5,8,15H,6-7,9-11H2,1H3,(H,19,25)(H,20,24)(H,21,22)/t15-/m1/s1. The number of piperazine rings is 1. The van der Waals surface area contributed by atoms with Crippen molar-refractivity contribution >= 4 is 11.8 Å². The highest BCUT2D eigenvalue weighted by Gasteiger charge is 2.31. The molecule has 0 aromatic carbocycles. The van der Waals surface area contributed by atoms with E-state index in [2.05, 4.69) is 25.8 Å². The molecule has 3 N–H and O–H groups in total. The number of amides is 2. The first-order valence-corrected chi connectivity index (χ1v) is 8.31. The van der Waals surface area contributed by atoms with E-state index in [-0.39, 0.29) is 18.2 Å². The Kier molecular flexibility index (Phi) is 5.39. The number of rotatable bonds is 6. The second-order valence-electron chi connectivity index (χ2n) is 6.12.